The van der Waals surface area contributed by atoms with E-state index in [-0.39, 0.29) is 5.69 Å². The summed E-state index contributed by atoms with van der Waals surface area (Å²) in [5.41, 5.74) is 0.724. The number of rotatable bonds is 5. The highest BCUT2D eigenvalue weighted by atomic mass is 16.4. The minimum atomic E-state index is -0.982. The summed E-state index contributed by atoms with van der Waals surface area (Å²) in [6.45, 7) is 6.41. The number of pyridine rings is 1. The van der Waals surface area contributed by atoms with E-state index in [0.29, 0.717) is 11.6 Å². The van der Waals surface area contributed by atoms with E-state index in [9.17, 15) is 4.79 Å². The number of carboxylic acid groups (broad SMARTS) is 1. The van der Waals surface area contributed by atoms with Crippen molar-refractivity contribution in [1.82, 2.24) is 9.88 Å². The zero-order chi connectivity index (χ0) is 13.7. The Kier molecular flexibility index (Phi) is 4.74. The van der Waals surface area contributed by atoms with E-state index in [2.05, 4.69) is 22.1 Å². The van der Waals surface area contributed by atoms with Gasteiger partial charge >= 0.3 is 5.97 Å². The van der Waals surface area contributed by atoms with Crippen LogP contribution in [0.2, 0.25) is 0 Å². The Labute approximate surface area is 113 Å². The normalized spacial score (nSPS) is 17.3. The zero-order valence-electron chi connectivity index (χ0n) is 11.3. The van der Waals surface area contributed by atoms with Gasteiger partial charge in [0.15, 0.2) is 5.69 Å². The van der Waals surface area contributed by atoms with Crippen molar-refractivity contribution >= 4 is 11.7 Å². The van der Waals surface area contributed by atoms with E-state index in [1.54, 1.807) is 12.1 Å². The van der Waals surface area contributed by atoms with Crippen LogP contribution < -0.4 is 5.32 Å². The molecule has 0 radical (unpaired) electrons. The summed E-state index contributed by atoms with van der Waals surface area (Å²) >= 11 is 0. The van der Waals surface area contributed by atoms with Gasteiger partial charge in [0.1, 0.15) is 0 Å². The summed E-state index contributed by atoms with van der Waals surface area (Å²) in [7, 11) is 0. The van der Waals surface area contributed by atoms with Gasteiger partial charge in [-0.3, -0.25) is 0 Å². The van der Waals surface area contributed by atoms with Crippen molar-refractivity contribution in [3.63, 3.8) is 0 Å². The maximum Gasteiger partial charge on any atom is 0.356 e. The minimum Gasteiger partial charge on any atom is -0.476 e. The lowest BCUT2D eigenvalue weighted by molar-refractivity contribution is 0.0691. The van der Waals surface area contributed by atoms with Crippen molar-refractivity contribution in [2.24, 2.45) is 5.92 Å². The summed E-state index contributed by atoms with van der Waals surface area (Å²) in [6.07, 6.45) is 3.85. The van der Waals surface area contributed by atoms with E-state index < -0.39 is 5.97 Å². The molecule has 2 heterocycles. The predicted molar refractivity (Wildman–Crippen MR) is 74.5 cm³/mol. The van der Waals surface area contributed by atoms with Crippen molar-refractivity contribution in [3.8, 4) is 0 Å². The Morgan fingerprint density at radius 1 is 1.53 bits per heavy atom. The Hall–Kier alpha value is -1.62. The first-order valence-electron chi connectivity index (χ1n) is 6.85. The predicted octanol–water partition coefficient (Wildman–Crippen LogP) is 1.92. The van der Waals surface area contributed by atoms with Gasteiger partial charge in [0, 0.05) is 12.7 Å². The second-order valence-corrected chi connectivity index (χ2v) is 4.96. The molecule has 1 fully saturated rings. The number of aromatic carboxylic acids is 1. The molecular weight excluding hydrogens is 242 g/mol. The fraction of sp³-hybridized carbons (Fsp3) is 0.571. The van der Waals surface area contributed by atoms with Crippen LogP contribution in [0, 0.1) is 5.92 Å². The Bertz CT molecular complexity index is 428. The summed E-state index contributed by atoms with van der Waals surface area (Å²) in [6, 6.07) is 3.53. The van der Waals surface area contributed by atoms with Crippen molar-refractivity contribution in [2.75, 3.05) is 31.5 Å². The van der Waals surface area contributed by atoms with Crippen LogP contribution in [0.5, 0.6) is 0 Å². The molecule has 5 heteroatoms. The van der Waals surface area contributed by atoms with Crippen LogP contribution in [0.4, 0.5) is 5.69 Å². The van der Waals surface area contributed by atoms with E-state index in [1.165, 1.54) is 19.0 Å². The number of nitrogens with one attached hydrogen (secondary N) is 1. The number of anilines is 1. The number of hydrogen-bond donors (Lipinski definition) is 2. The van der Waals surface area contributed by atoms with Crippen molar-refractivity contribution in [2.45, 2.75) is 19.8 Å². The van der Waals surface area contributed by atoms with E-state index in [0.717, 1.165) is 26.2 Å². The average Bonchev–Trinajstić information content (AvgIpc) is 2.46. The highest BCUT2D eigenvalue weighted by Gasteiger charge is 2.18. The van der Waals surface area contributed by atoms with E-state index in [1.807, 2.05) is 0 Å². The third-order valence-corrected chi connectivity index (χ3v) is 3.75. The molecule has 5 nitrogen and oxygen atoms in total. The van der Waals surface area contributed by atoms with Gasteiger partial charge in [-0.25, -0.2) is 9.78 Å². The van der Waals surface area contributed by atoms with Gasteiger partial charge in [-0.2, -0.15) is 0 Å². The lowest BCUT2D eigenvalue weighted by atomic mass is 9.97. The fourth-order valence-electron chi connectivity index (χ4n) is 2.48. The van der Waals surface area contributed by atoms with Crippen LogP contribution in [0.25, 0.3) is 0 Å². The molecule has 0 atom stereocenters. The van der Waals surface area contributed by atoms with Crippen LogP contribution in [-0.2, 0) is 0 Å². The van der Waals surface area contributed by atoms with Crippen molar-refractivity contribution in [1.29, 1.82) is 0 Å². The molecule has 1 aliphatic rings. The molecule has 2 rings (SSSR count). The second-order valence-electron chi connectivity index (χ2n) is 4.96. The highest BCUT2D eigenvalue weighted by Crippen LogP contribution is 2.19. The molecule has 1 aliphatic heterocycles. The van der Waals surface area contributed by atoms with Crippen LogP contribution in [-0.4, -0.2) is 47.1 Å². The monoisotopic (exact) mass is 263 g/mol. The molecule has 0 spiro atoms. The first kappa shape index (κ1) is 13.8. The number of aromatic nitrogens is 1. The zero-order valence-corrected chi connectivity index (χ0v) is 11.3. The van der Waals surface area contributed by atoms with Gasteiger partial charge in [0.25, 0.3) is 0 Å². The maximum absolute atomic E-state index is 11.0. The number of piperidine rings is 1. The van der Waals surface area contributed by atoms with E-state index >= 15 is 0 Å². The lowest BCUT2D eigenvalue weighted by Crippen LogP contribution is -2.35. The molecular formula is C14H21N3O2. The minimum absolute atomic E-state index is 0.105. The number of carbonyl (C=O) groups is 1. The Morgan fingerprint density at radius 3 is 2.89 bits per heavy atom. The van der Waals surface area contributed by atoms with Crippen LogP contribution in [0.15, 0.2) is 18.3 Å². The molecule has 0 unspecified atom stereocenters. The third kappa shape index (κ3) is 3.67. The molecule has 104 valence electrons. The van der Waals surface area contributed by atoms with Gasteiger partial charge in [0.05, 0.1) is 5.69 Å². The van der Waals surface area contributed by atoms with Crippen LogP contribution in [0.3, 0.4) is 0 Å². The first-order chi connectivity index (χ1) is 9.20. The summed E-state index contributed by atoms with van der Waals surface area (Å²) in [4.78, 5) is 17.4. The van der Waals surface area contributed by atoms with Gasteiger partial charge in [-0.05, 0) is 50.5 Å². The van der Waals surface area contributed by atoms with Crippen molar-refractivity contribution in [3.05, 3.63) is 24.0 Å². The molecule has 0 amide bonds. The molecule has 2 N–H and O–H groups in total. The van der Waals surface area contributed by atoms with Crippen LogP contribution >= 0.6 is 0 Å². The second kappa shape index (κ2) is 6.52. The van der Waals surface area contributed by atoms with E-state index in [4.69, 9.17) is 5.11 Å². The summed E-state index contributed by atoms with van der Waals surface area (Å²) < 4.78 is 0. The molecule has 0 aromatic carbocycles. The molecule has 1 aromatic rings. The van der Waals surface area contributed by atoms with Gasteiger partial charge in [-0.15, -0.1) is 0 Å². The Balaban J connectivity index is 1.88. The fourth-order valence-corrected chi connectivity index (χ4v) is 2.48. The van der Waals surface area contributed by atoms with Gasteiger partial charge in [0.2, 0.25) is 0 Å². The van der Waals surface area contributed by atoms with Gasteiger partial charge in [-0.1, -0.05) is 6.92 Å². The number of nitrogens with zero attached hydrogens (tertiary/aromatic N) is 2. The molecule has 0 saturated carbocycles. The average molecular weight is 263 g/mol. The molecule has 1 aromatic heterocycles. The van der Waals surface area contributed by atoms with Crippen molar-refractivity contribution < 1.29 is 9.90 Å². The topological polar surface area (TPSA) is 65.5 Å². The number of likely N-dealkylation sites (tertiary alicyclic amines) is 1. The lowest BCUT2D eigenvalue weighted by Gasteiger charge is -2.31. The standard InChI is InChI=1S/C14H21N3O2/c1-2-17-8-5-11(6-9-17)10-16-12-4-3-7-15-13(12)14(18)19/h3-4,7,11,16H,2,5-6,8-10H2,1H3,(H,18,19). The molecule has 0 bridgehead atoms. The maximum atomic E-state index is 11.0. The third-order valence-electron chi connectivity index (χ3n) is 3.75. The molecule has 19 heavy (non-hydrogen) atoms. The summed E-state index contributed by atoms with van der Waals surface area (Å²) in [5, 5.41) is 12.3. The smallest absolute Gasteiger partial charge is 0.356 e. The summed E-state index contributed by atoms with van der Waals surface area (Å²) in [5.74, 6) is -0.367. The first-order valence-corrected chi connectivity index (χ1v) is 6.85. The van der Waals surface area contributed by atoms with Gasteiger partial charge < -0.3 is 15.3 Å². The quantitative estimate of drug-likeness (QED) is 0.849. The molecule has 0 aliphatic carbocycles. The Morgan fingerprint density at radius 2 is 2.26 bits per heavy atom. The number of hydrogen-bond acceptors (Lipinski definition) is 4. The highest BCUT2D eigenvalue weighted by molar-refractivity contribution is 5.91. The van der Waals surface area contributed by atoms with Crippen LogP contribution in [0.1, 0.15) is 30.3 Å². The molecule has 1 saturated heterocycles. The largest absolute Gasteiger partial charge is 0.476 e. The SMILES string of the molecule is CCN1CCC(CNc2cccnc2C(=O)O)CC1. The number of carboxylic acids is 1.